The molecule has 3 nitrogen and oxygen atoms in total. The van der Waals surface area contributed by atoms with Crippen LogP contribution in [0.25, 0.3) is 0 Å². The Bertz CT molecular complexity index is 412. The van der Waals surface area contributed by atoms with E-state index < -0.39 is 0 Å². The van der Waals surface area contributed by atoms with E-state index in [9.17, 15) is 0 Å². The van der Waals surface area contributed by atoms with Gasteiger partial charge in [0.15, 0.2) is 0 Å². The number of nitrogens with zero attached hydrogens (tertiary/aromatic N) is 2. The van der Waals surface area contributed by atoms with Crippen LogP contribution in [0.15, 0.2) is 18.3 Å². The molecule has 0 amide bonds. The second-order valence-electron chi connectivity index (χ2n) is 6.11. The minimum Gasteiger partial charge on any atom is -0.316 e. The van der Waals surface area contributed by atoms with Crippen molar-refractivity contribution in [2.75, 3.05) is 26.7 Å². The van der Waals surface area contributed by atoms with Crippen molar-refractivity contribution in [1.29, 1.82) is 0 Å². The van der Waals surface area contributed by atoms with E-state index in [1.165, 1.54) is 63.0 Å². The zero-order valence-electron chi connectivity index (χ0n) is 11.9. The van der Waals surface area contributed by atoms with Gasteiger partial charge in [0, 0.05) is 12.7 Å². The Balaban J connectivity index is 1.68. The number of fused-ring (bicyclic) bond motifs is 1. The maximum absolute atomic E-state index is 4.66. The maximum atomic E-state index is 4.66. The summed E-state index contributed by atoms with van der Waals surface area (Å²) in [4.78, 5) is 7.20. The second-order valence-corrected chi connectivity index (χ2v) is 6.11. The first-order valence-corrected chi connectivity index (χ1v) is 7.69. The first-order chi connectivity index (χ1) is 9.34. The van der Waals surface area contributed by atoms with Crippen LogP contribution in [0.1, 0.15) is 43.0 Å². The van der Waals surface area contributed by atoms with Crippen LogP contribution in [-0.4, -0.2) is 36.6 Å². The Labute approximate surface area is 116 Å². The Morgan fingerprint density at radius 3 is 3.16 bits per heavy atom. The molecule has 2 atom stereocenters. The first kappa shape index (κ1) is 13.1. The molecule has 1 aliphatic heterocycles. The quantitative estimate of drug-likeness (QED) is 0.903. The fraction of sp³-hybridized carbons (Fsp3) is 0.688. The third kappa shape index (κ3) is 2.98. The van der Waals surface area contributed by atoms with Gasteiger partial charge in [0.05, 0.1) is 11.7 Å². The van der Waals surface area contributed by atoms with Crippen LogP contribution in [0.2, 0.25) is 0 Å². The van der Waals surface area contributed by atoms with Gasteiger partial charge in [-0.1, -0.05) is 6.07 Å². The lowest BCUT2D eigenvalue weighted by atomic mass is 9.90. The molecule has 1 fully saturated rings. The largest absolute Gasteiger partial charge is 0.316 e. The van der Waals surface area contributed by atoms with Crippen molar-refractivity contribution in [3.63, 3.8) is 0 Å². The van der Waals surface area contributed by atoms with Crippen molar-refractivity contribution >= 4 is 0 Å². The predicted octanol–water partition coefficient (Wildman–Crippen LogP) is 2.39. The number of nitrogens with one attached hydrogen (secondary N) is 1. The highest BCUT2D eigenvalue weighted by Crippen LogP contribution is 2.32. The molecule has 1 saturated heterocycles. The molecule has 2 aliphatic rings. The fourth-order valence-corrected chi connectivity index (χ4v) is 3.63. The summed E-state index contributed by atoms with van der Waals surface area (Å²) in [7, 11) is 2.28. The zero-order valence-corrected chi connectivity index (χ0v) is 11.9. The van der Waals surface area contributed by atoms with Crippen LogP contribution < -0.4 is 5.32 Å². The molecule has 1 aromatic heterocycles. The zero-order chi connectivity index (χ0) is 13.1. The summed E-state index contributed by atoms with van der Waals surface area (Å²) in [5.41, 5.74) is 2.80. The summed E-state index contributed by atoms with van der Waals surface area (Å²) < 4.78 is 0. The summed E-state index contributed by atoms with van der Waals surface area (Å²) in [6.45, 7) is 3.59. The summed E-state index contributed by atoms with van der Waals surface area (Å²) in [6.07, 6.45) is 8.43. The minimum absolute atomic E-state index is 0.534. The summed E-state index contributed by atoms with van der Waals surface area (Å²) >= 11 is 0. The highest BCUT2D eigenvalue weighted by Gasteiger charge is 2.26. The number of aryl methyl sites for hydroxylation is 1. The molecular formula is C16H25N3. The van der Waals surface area contributed by atoms with E-state index in [2.05, 4.69) is 34.4 Å². The van der Waals surface area contributed by atoms with E-state index in [0.717, 1.165) is 5.92 Å². The van der Waals surface area contributed by atoms with Crippen molar-refractivity contribution in [2.24, 2.45) is 5.92 Å². The molecule has 1 N–H and O–H groups in total. The van der Waals surface area contributed by atoms with Crippen LogP contribution in [-0.2, 0) is 6.42 Å². The Morgan fingerprint density at radius 1 is 1.37 bits per heavy atom. The standard InChI is InChI=1S/C16H25N3/c1-19(12-13-5-3-9-17-11-13)15-8-2-6-14-7-4-10-18-16(14)15/h4,7,10,13,15,17H,2-3,5-6,8-9,11-12H2,1H3. The summed E-state index contributed by atoms with van der Waals surface area (Å²) in [6, 6.07) is 4.86. The van der Waals surface area contributed by atoms with Crippen LogP contribution in [0.4, 0.5) is 0 Å². The lowest BCUT2D eigenvalue weighted by Gasteiger charge is -2.35. The normalized spacial score (nSPS) is 27.3. The van der Waals surface area contributed by atoms with Gasteiger partial charge in [-0.3, -0.25) is 9.88 Å². The first-order valence-electron chi connectivity index (χ1n) is 7.69. The number of piperidine rings is 1. The number of aromatic nitrogens is 1. The van der Waals surface area contributed by atoms with Crippen LogP contribution in [0.5, 0.6) is 0 Å². The van der Waals surface area contributed by atoms with Gasteiger partial charge in [-0.15, -0.1) is 0 Å². The Morgan fingerprint density at radius 2 is 2.32 bits per heavy atom. The monoisotopic (exact) mass is 259 g/mol. The summed E-state index contributed by atoms with van der Waals surface area (Å²) in [5, 5.41) is 3.52. The lowest BCUT2D eigenvalue weighted by Crippen LogP contribution is -2.39. The van der Waals surface area contributed by atoms with E-state index in [1.54, 1.807) is 0 Å². The Hall–Kier alpha value is -0.930. The van der Waals surface area contributed by atoms with Gasteiger partial charge in [-0.05, 0) is 69.8 Å². The number of hydrogen-bond donors (Lipinski definition) is 1. The fourth-order valence-electron chi connectivity index (χ4n) is 3.63. The number of hydrogen-bond acceptors (Lipinski definition) is 3. The molecule has 2 heterocycles. The molecule has 3 heteroatoms. The molecular weight excluding hydrogens is 234 g/mol. The van der Waals surface area contributed by atoms with Gasteiger partial charge in [0.25, 0.3) is 0 Å². The molecule has 19 heavy (non-hydrogen) atoms. The van der Waals surface area contributed by atoms with Crippen molar-refractivity contribution in [3.8, 4) is 0 Å². The predicted molar refractivity (Wildman–Crippen MR) is 78.1 cm³/mol. The van der Waals surface area contributed by atoms with E-state index in [-0.39, 0.29) is 0 Å². The highest BCUT2D eigenvalue weighted by molar-refractivity contribution is 5.25. The second kappa shape index (κ2) is 6.02. The molecule has 1 aromatic rings. The van der Waals surface area contributed by atoms with Crippen LogP contribution in [0.3, 0.4) is 0 Å². The molecule has 1 aliphatic carbocycles. The molecule has 2 unspecified atom stereocenters. The van der Waals surface area contributed by atoms with E-state index >= 15 is 0 Å². The average molecular weight is 259 g/mol. The van der Waals surface area contributed by atoms with Crippen molar-refractivity contribution in [3.05, 3.63) is 29.6 Å². The maximum Gasteiger partial charge on any atom is 0.0607 e. The Kier molecular flexibility index (Phi) is 4.14. The highest BCUT2D eigenvalue weighted by atomic mass is 15.1. The molecule has 0 radical (unpaired) electrons. The minimum atomic E-state index is 0.534. The van der Waals surface area contributed by atoms with Gasteiger partial charge >= 0.3 is 0 Å². The van der Waals surface area contributed by atoms with Gasteiger partial charge in [-0.2, -0.15) is 0 Å². The van der Waals surface area contributed by atoms with Gasteiger partial charge in [0.1, 0.15) is 0 Å². The van der Waals surface area contributed by atoms with E-state index in [0.29, 0.717) is 6.04 Å². The number of pyridine rings is 1. The van der Waals surface area contributed by atoms with Gasteiger partial charge in [0.2, 0.25) is 0 Å². The smallest absolute Gasteiger partial charge is 0.0607 e. The molecule has 3 rings (SSSR count). The molecule has 0 aromatic carbocycles. The SMILES string of the molecule is CN(CC1CCCNC1)C1CCCc2cccnc21. The third-order valence-electron chi connectivity index (χ3n) is 4.64. The van der Waals surface area contributed by atoms with Gasteiger partial charge in [-0.25, -0.2) is 0 Å². The van der Waals surface area contributed by atoms with Crippen molar-refractivity contribution in [1.82, 2.24) is 15.2 Å². The van der Waals surface area contributed by atoms with Crippen molar-refractivity contribution < 1.29 is 0 Å². The van der Waals surface area contributed by atoms with E-state index in [4.69, 9.17) is 0 Å². The molecule has 0 spiro atoms. The molecule has 0 bridgehead atoms. The third-order valence-corrected chi connectivity index (χ3v) is 4.64. The van der Waals surface area contributed by atoms with Crippen LogP contribution >= 0.6 is 0 Å². The van der Waals surface area contributed by atoms with E-state index in [1.807, 2.05) is 6.20 Å². The summed E-state index contributed by atoms with van der Waals surface area (Å²) in [5.74, 6) is 0.813. The van der Waals surface area contributed by atoms with Gasteiger partial charge < -0.3 is 5.32 Å². The van der Waals surface area contributed by atoms with Crippen molar-refractivity contribution in [2.45, 2.75) is 38.1 Å². The molecule has 104 valence electrons. The molecule has 0 saturated carbocycles. The average Bonchev–Trinajstić information content (AvgIpc) is 2.47. The van der Waals surface area contributed by atoms with Crippen LogP contribution in [0, 0.1) is 5.92 Å². The lowest BCUT2D eigenvalue weighted by molar-refractivity contribution is 0.171. The topological polar surface area (TPSA) is 28.2 Å². The number of rotatable bonds is 3.